The maximum Gasteiger partial charge on any atom is 0.235 e. The fraction of sp³-hybridized carbons (Fsp3) is 0.778. The van der Waals surface area contributed by atoms with Crippen molar-refractivity contribution in [1.29, 1.82) is 0 Å². The summed E-state index contributed by atoms with van der Waals surface area (Å²) in [5.41, 5.74) is 0. The molecule has 0 heterocycles. The first-order valence-corrected chi connectivity index (χ1v) is 4.49. The van der Waals surface area contributed by atoms with E-state index in [1.54, 1.807) is 12.2 Å². The van der Waals surface area contributed by atoms with Gasteiger partial charge in [-0.3, -0.25) is 0 Å². The van der Waals surface area contributed by atoms with E-state index in [0.29, 0.717) is 11.8 Å². The van der Waals surface area contributed by atoms with E-state index in [4.69, 9.17) is 0 Å². The highest BCUT2D eigenvalue weighted by molar-refractivity contribution is 5.35. The molecule has 4 atom stereocenters. The lowest BCUT2D eigenvalue weighted by Crippen LogP contribution is -2.22. The second kappa shape index (κ2) is 3.25. The van der Waals surface area contributed by atoms with Gasteiger partial charge in [0.2, 0.25) is 12.2 Å². The minimum atomic E-state index is 0.139. The number of carbonyl (C=O) groups excluding carboxylic acids is 2. The van der Waals surface area contributed by atoms with Crippen LogP contribution in [0.1, 0.15) is 19.3 Å². The Labute approximate surface area is 75.8 Å². The molecule has 0 unspecified atom stereocenters. The number of nitrogens with zero attached hydrogens (tertiary/aromatic N) is 2. The zero-order valence-corrected chi connectivity index (χ0v) is 7.14. The Balaban J connectivity index is 2.06. The highest BCUT2D eigenvalue weighted by Crippen LogP contribution is 2.47. The standard InChI is InChI=1S/C9H10N2O2/c12-4-10-8-2-6-1-7(8)3-9(6)11-5-13/h6-9H,1-3H2/t6-,7-,8+,9+/m1/s1. The largest absolute Gasteiger partial charge is 0.235 e. The van der Waals surface area contributed by atoms with E-state index in [1.165, 1.54) is 0 Å². The zero-order chi connectivity index (χ0) is 9.26. The second-order valence-electron chi connectivity index (χ2n) is 3.80. The van der Waals surface area contributed by atoms with Gasteiger partial charge in [-0.05, 0) is 31.1 Å². The topological polar surface area (TPSA) is 58.9 Å². The number of aliphatic imine (C=N–C) groups is 2. The van der Waals surface area contributed by atoms with Crippen molar-refractivity contribution in [2.45, 2.75) is 31.3 Å². The summed E-state index contributed by atoms with van der Waals surface area (Å²) in [6.07, 6.45) is 6.03. The molecule has 2 aliphatic carbocycles. The maximum atomic E-state index is 10.1. The van der Waals surface area contributed by atoms with Crippen LogP contribution < -0.4 is 0 Å². The molecule has 2 saturated carbocycles. The normalized spacial score (nSPS) is 40.9. The van der Waals surface area contributed by atoms with Gasteiger partial charge in [-0.2, -0.15) is 0 Å². The van der Waals surface area contributed by atoms with Gasteiger partial charge in [0, 0.05) is 0 Å². The average molecular weight is 178 g/mol. The summed E-state index contributed by atoms with van der Waals surface area (Å²) >= 11 is 0. The highest BCUT2D eigenvalue weighted by atomic mass is 16.1. The number of rotatable bonds is 2. The lowest BCUT2D eigenvalue weighted by atomic mass is 9.92. The molecule has 68 valence electrons. The van der Waals surface area contributed by atoms with E-state index < -0.39 is 0 Å². The molecular formula is C9H10N2O2. The van der Waals surface area contributed by atoms with Crippen LogP contribution in [0.3, 0.4) is 0 Å². The number of hydrogen-bond donors (Lipinski definition) is 0. The quantitative estimate of drug-likeness (QED) is 0.464. The van der Waals surface area contributed by atoms with Gasteiger partial charge in [0.15, 0.2) is 0 Å². The van der Waals surface area contributed by atoms with Crippen molar-refractivity contribution in [3.63, 3.8) is 0 Å². The van der Waals surface area contributed by atoms with E-state index in [0.717, 1.165) is 19.3 Å². The molecule has 0 amide bonds. The fourth-order valence-electron chi connectivity index (χ4n) is 2.67. The van der Waals surface area contributed by atoms with Gasteiger partial charge in [0.05, 0.1) is 12.1 Å². The predicted octanol–water partition coefficient (Wildman–Crippen LogP) is 0.825. The van der Waals surface area contributed by atoms with Gasteiger partial charge in [-0.25, -0.2) is 19.6 Å². The van der Waals surface area contributed by atoms with Gasteiger partial charge < -0.3 is 0 Å². The van der Waals surface area contributed by atoms with Gasteiger partial charge in [-0.1, -0.05) is 0 Å². The van der Waals surface area contributed by atoms with Crippen molar-refractivity contribution in [3.8, 4) is 0 Å². The highest BCUT2D eigenvalue weighted by Gasteiger charge is 2.46. The first kappa shape index (κ1) is 8.36. The summed E-state index contributed by atoms with van der Waals surface area (Å²) in [6.45, 7) is 0. The van der Waals surface area contributed by atoms with E-state index in [1.807, 2.05) is 0 Å². The van der Waals surface area contributed by atoms with Crippen molar-refractivity contribution in [2.24, 2.45) is 21.8 Å². The van der Waals surface area contributed by atoms with E-state index in [-0.39, 0.29) is 12.1 Å². The summed E-state index contributed by atoms with van der Waals surface area (Å²) in [5.74, 6) is 0.877. The molecule has 13 heavy (non-hydrogen) atoms. The van der Waals surface area contributed by atoms with Crippen LogP contribution in [0.15, 0.2) is 9.98 Å². The maximum absolute atomic E-state index is 10.1. The van der Waals surface area contributed by atoms with Crippen LogP contribution in [0, 0.1) is 11.8 Å². The van der Waals surface area contributed by atoms with Crippen LogP contribution in [0.4, 0.5) is 0 Å². The third kappa shape index (κ3) is 1.35. The SMILES string of the molecule is O=C=N[C@H]1C[C@H]2C[C@@H]1C[C@@H]2N=C=O. The molecule has 0 spiro atoms. The molecule has 0 aromatic heterocycles. The van der Waals surface area contributed by atoms with Crippen molar-refractivity contribution in [2.75, 3.05) is 0 Å². The van der Waals surface area contributed by atoms with Crippen molar-refractivity contribution >= 4 is 12.2 Å². The molecule has 0 aliphatic heterocycles. The van der Waals surface area contributed by atoms with E-state index >= 15 is 0 Å². The zero-order valence-electron chi connectivity index (χ0n) is 7.14. The lowest BCUT2D eigenvalue weighted by Gasteiger charge is -2.20. The van der Waals surface area contributed by atoms with Crippen LogP contribution in [0.5, 0.6) is 0 Å². The van der Waals surface area contributed by atoms with Crippen molar-refractivity contribution in [3.05, 3.63) is 0 Å². The summed E-state index contributed by atoms with van der Waals surface area (Å²) in [4.78, 5) is 27.6. The second-order valence-corrected chi connectivity index (χ2v) is 3.80. The number of hydrogen-bond acceptors (Lipinski definition) is 4. The molecule has 4 heteroatoms. The van der Waals surface area contributed by atoms with Gasteiger partial charge in [-0.15, -0.1) is 0 Å². The summed E-state index contributed by atoms with van der Waals surface area (Å²) in [5, 5.41) is 0. The molecule has 0 saturated heterocycles. The van der Waals surface area contributed by atoms with Crippen LogP contribution in [-0.2, 0) is 9.59 Å². The van der Waals surface area contributed by atoms with Gasteiger partial charge in [0.25, 0.3) is 0 Å². The molecule has 2 fully saturated rings. The molecule has 2 aliphatic rings. The molecule has 2 rings (SSSR count). The molecule has 0 radical (unpaired) electrons. The third-order valence-corrected chi connectivity index (χ3v) is 3.22. The molecule has 4 nitrogen and oxygen atoms in total. The minimum absolute atomic E-state index is 0.139. The van der Waals surface area contributed by atoms with Crippen molar-refractivity contribution in [1.82, 2.24) is 0 Å². The number of isocyanates is 2. The Kier molecular flexibility index (Phi) is 2.09. The van der Waals surface area contributed by atoms with Gasteiger partial charge in [0.1, 0.15) is 0 Å². The molecular weight excluding hydrogens is 168 g/mol. The first-order valence-electron chi connectivity index (χ1n) is 4.49. The molecule has 2 bridgehead atoms. The van der Waals surface area contributed by atoms with Crippen LogP contribution in [0.25, 0.3) is 0 Å². The monoisotopic (exact) mass is 178 g/mol. The van der Waals surface area contributed by atoms with Crippen LogP contribution in [0.2, 0.25) is 0 Å². The molecule has 0 N–H and O–H groups in total. The Morgan fingerprint density at radius 1 is 0.846 bits per heavy atom. The Morgan fingerprint density at radius 3 is 1.62 bits per heavy atom. The summed E-state index contributed by atoms with van der Waals surface area (Å²) in [6, 6.07) is 0.279. The van der Waals surface area contributed by atoms with Gasteiger partial charge >= 0.3 is 0 Å². The number of fused-ring (bicyclic) bond motifs is 2. The molecule has 0 aromatic rings. The lowest BCUT2D eigenvalue weighted by molar-refractivity contribution is 0.375. The third-order valence-electron chi connectivity index (χ3n) is 3.22. The first-order chi connectivity index (χ1) is 6.35. The van der Waals surface area contributed by atoms with E-state index in [2.05, 4.69) is 9.98 Å². The Hall–Kier alpha value is -1.24. The Morgan fingerprint density at radius 2 is 1.31 bits per heavy atom. The van der Waals surface area contributed by atoms with Crippen LogP contribution in [-0.4, -0.2) is 24.2 Å². The Bertz CT molecular complexity index is 273. The summed E-state index contributed by atoms with van der Waals surface area (Å²) < 4.78 is 0. The predicted molar refractivity (Wildman–Crippen MR) is 44.7 cm³/mol. The van der Waals surface area contributed by atoms with Crippen molar-refractivity contribution < 1.29 is 9.59 Å². The summed E-state index contributed by atoms with van der Waals surface area (Å²) in [7, 11) is 0. The van der Waals surface area contributed by atoms with Crippen LogP contribution >= 0.6 is 0 Å². The minimum Gasteiger partial charge on any atom is -0.211 e. The smallest absolute Gasteiger partial charge is 0.211 e. The average Bonchev–Trinajstić information content (AvgIpc) is 2.65. The fourth-order valence-corrected chi connectivity index (χ4v) is 2.67. The molecule has 0 aromatic carbocycles. The van der Waals surface area contributed by atoms with E-state index in [9.17, 15) is 9.59 Å².